The molecule has 0 bridgehead atoms. The lowest BCUT2D eigenvalue weighted by Crippen LogP contribution is -2.26. The minimum Gasteiger partial charge on any atom is -0.497 e. The van der Waals surface area contributed by atoms with Gasteiger partial charge in [0, 0.05) is 11.0 Å². The summed E-state index contributed by atoms with van der Waals surface area (Å²) in [5.74, 6) is 0.878. The summed E-state index contributed by atoms with van der Waals surface area (Å²) in [7, 11) is 1.63. The van der Waals surface area contributed by atoms with Crippen LogP contribution in [0.2, 0.25) is 0 Å². The molecule has 82 valence electrons. The summed E-state index contributed by atoms with van der Waals surface area (Å²) < 4.78 is 5.97. The molecule has 1 N–H and O–H groups in total. The van der Waals surface area contributed by atoms with Gasteiger partial charge in [-0.1, -0.05) is 34.7 Å². The molecule has 0 aliphatic heterocycles. The second kappa shape index (κ2) is 6.66. The maximum absolute atomic E-state index is 11.4. The first-order chi connectivity index (χ1) is 7.26. The van der Waals surface area contributed by atoms with Gasteiger partial charge in [-0.3, -0.25) is 4.79 Å². The van der Waals surface area contributed by atoms with Crippen LogP contribution in [-0.2, 0) is 11.2 Å². The van der Waals surface area contributed by atoms with E-state index >= 15 is 0 Å². The predicted octanol–water partition coefficient (Wildman–Crippen LogP) is 1.79. The van der Waals surface area contributed by atoms with Crippen molar-refractivity contribution in [2.75, 3.05) is 18.1 Å². The fraction of sp³-hybridized carbons (Fsp3) is 0.364. The van der Waals surface area contributed by atoms with E-state index in [1.807, 2.05) is 24.3 Å². The number of amides is 1. The van der Waals surface area contributed by atoms with E-state index in [1.54, 1.807) is 7.11 Å². The van der Waals surface area contributed by atoms with Gasteiger partial charge in [-0.05, 0) is 17.7 Å². The van der Waals surface area contributed by atoms with E-state index in [9.17, 15) is 4.79 Å². The van der Waals surface area contributed by atoms with E-state index in [1.165, 1.54) is 0 Å². The lowest BCUT2D eigenvalue weighted by Gasteiger charge is -2.04. The quantitative estimate of drug-likeness (QED) is 0.664. The van der Waals surface area contributed by atoms with Crippen LogP contribution in [0.1, 0.15) is 5.56 Å². The average molecular weight is 319 g/mol. The Morgan fingerprint density at radius 1 is 1.40 bits per heavy atom. The van der Waals surface area contributed by atoms with Crippen LogP contribution in [0.4, 0.5) is 0 Å². The minimum absolute atomic E-state index is 0.0665. The van der Waals surface area contributed by atoms with Gasteiger partial charge in [0.2, 0.25) is 5.91 Å². The van der Waals surface area contributed by atoms with Gasteiger partial charge in [0.15, 0.2) is 0 Å². The van der Waals surface area contributed by atoms with Crippen LogP contribution in [0.3, 0.4) is 0 Å². The first kappa shape index (κ1) is 12.3. The molecule has 0 spiro atoms. The number of hydrogen-bond acceptors (Lipinski definition) is 2. The Morgan fingerprint density at radius 2 is 2.07 bits per heavy atom. The first-order valence-electron chi connectivity index (χ1n) is 4.72. The van der Waals surface area contributed by atoms with Gasteiger partial charge >= 0.3 is 0 Å². The molecule has 4 heteroatoms. The van der Waals surface area contributed by atoms with Crippen LogP contribution in [0.5, 0.6) is 5.75 Å². The molecule has 0 heterocycles. The van der Waals surface area contributed by atoms with Crippen molar-refractivity contribution in [1.82, 2.24) is 5.32 Å². The maximum Gasteiger partial charge on any atom is 0.224 e. The largest absolute Gasteiger partial charge is 0.497 e. The molecule has 0 saturated heterocycles. The van der Waals surface area contributed by atoms with E-state index in [0.29, 0.717) is 6.42 Å². The van der Waals surface area contributed by atoms with E-state index in [0.717, 1.165) is 22.3 Å². The Bertz CT molecular complexity index is 311. The molecule has 0 aliphatic rings. The van der Waals surface area contributed by atoms with Crippen molar-refractivity contribution in [3.8, 4) is 5.75 Å². The molecular weight excluding hydrogens is 305 g/mol. The first-order valence-corrected chi connectivity index (χ1v) is 6.24. The molecule has 15 heavy (non-hydrogen) atoms. The lowest BCUT2D eigenvalue weighted by atomic mass is 10.1. The van der Waals surface area contributed by atoms with Crippen LogP contribution in [-0.4, -0.2) is 24.0 Å². The van der Waals surface area contributed by atoms with Gasteiger partial charge < -0.3 is 10.1 Å². The number of benzene rings is 1. The Labute approximate surface area is 103 Å². The lowest BCUT2D eigenvalue weighted by molar-refractivity contribution is -0.120. The van der Waals surface area contributed by atoms with Crippen LogP contribution in [0.15, 0.2) is 24.3 Å². The second-order valence-corrected chi connectivity index (χ2v) is 4.14. The Hall–Kier alpha value is -0.780. The third-order valence-corrected chi connectivity index (χ3v) is 2.48. The molecule has 1 amide bonds. The average Bonchev–Trinajstić information content (AvgIpc) is 2.27. The zero-order chi connectivity index (χ0) is 11.1. The Kier molecular flexibility index (Phi) is 5.45. The number of carbonyl (C=O) groups is 1. The number of carbonyl (C=O) groups excluding carboxylic acids is 1. The highest BCUT2D eigenvalue weighted by atomic mass is 127. The molecule has 3 nitrogen and oxygen atoms in total. The van der Waals surface area contributed by atoms with E-state index < -0.39 is 0 Å². The van der Waals surface area contributed by atoms with Crippen molar-refractivity contribution < 1.29 is 9.53 Å². The molecular formula is C11H14INO2. The van der Waals surface area contributed by atoms with E-state index in [2.05, 4.69) is 27.9 Å². The van der Waals surface area contributed by atoms with Crippen LogP contribution in [0, 0.1) is 0 Å². The van der Waals surface area contributed by atoms with Crippen molar-refractivity contribution >= 4 is 28.5 Å². The smallest absolute Gasteiger partial charge is 0.224 e. The van der Waals surface area contributed by atoms with Crippen molar-refractivity contribution in [3.05, 3.63) is 29.8 Å². The molecule has 0 aliphatic carbocycles. The molecule has 1 rings (SSSR count). The monoisotopic (exact) mass is 319 g/mol. The molecule has 0 fully saturated rings. The molecule has 0 unspecified atom stereocenters. The number of ether oxygens (including phenoxy) is 1. The Balaban J connectivity index is 2.46. The zero-order valence-electron chi connectivity index (χ0n) is 8.63. The normalized spacial score (nSPS) is 9.73. The number of alkyl halides is 1. The minimum atomic E-state index is 0.0665. The van der Waals surface area contributed by atoms with Crippen molar-refractivity contribution in [2.24, 2.45) is 0 Å². The summed E-state index contributed by atoms with van der Waals surface area (Å²) in [6.45, 7) is 0.732. The van der Waals surface area contributed by atoms with Gasteiger partial charge in [-0.25, -0.2) is 0 Å². The van der Waals surface area contributed by atoms with Crippen LogP contribution >= 0.6 is 22.6 Å². The highest BCUT2D eigenvalue weighted by Gasteiger charge is 2.02. The van der Waals surface area contributed by atoms with Crippen molar-refractivity contribution in [2.45, 2.75) is 6.42 Å². The standard InChI is InChI=1S/C11H14INO2/c1-15-10-4-2-9(3-5-10)8-11(14)13-7-6-12/h2-5H,6-8H2,1H3,(H,13,14). The number of rotatable bonds is 5. The maximum atomic E-state index is 11.4. The molecule has 1 aromatic carbocycles. The van der Waals surface area contributed by atoms with Crippen molar-refractivity contribution in [1.29, 1.82) is 0 Å². The highest BCUT2D eigenvalue weighted by molar-refractivity contribution is 14.1. The highest BCUT2D eigenvalue weighted by Crippen LogP contribution is 2.11. The van der Waals surface area contributed by atoms with Gasteiger partial charge in [0.1, 0.15) is 5.75 Å². The summed E-state index contributed by atoms with van der Waals surface area (Å²) in [6, 6.07) is 7.53. The third kappa shape index (κ3) is 4.51. The van der Waals surface area contributed by atoms with Crippen LogP contribution in [0.25, 0.3) is 0 Å². The number of halogens is 1. The molecule has 1 aromatic rings. The van der Waals surface area contributed by atoms with Gasteiger partial charge in [-0.15, -0.1) is 0 Å². The molecule has 0 aromatic heterocycles. The fourth-order valence-corrected chi connectivity index (χ4v) is 1.45. The summed E-state index contributed by atoms with van der Waals surface area (Å²) in [6.07, 6.45) is 0.431. The fourth-order valence-electron chi connectivity index (χ4n) is 1.18. The number of hydrogen-bond donors (Lipinski definition) is 1. The third-order valence-electron chi connectivity index (χ3n) is 1.94. The van der Waals surface area contributed by atoms with Crippen molar-refractivity contribution in [3.63, 3.8) is 0 Å². The summed E-state index contributed by atoms with van der Waals surface area (Å²) in [4.78, 5) is 11.4. The molecule has 0 radical (unpaired) electrons. The van der Waals surface area contributed by atoms with Crippen LogP contribution < -0.4 is 10.1 Å². The summed E-state index contributed by atoms with van der Waals surface area (Å²) >= 11 is 2.23. The van der Waals surface area contributed by atoms with Gasteiger partial charge in [0.25, 0.3) is 0 Å². The number of nitrogens with one attached hydrogen (secondary N) is 1. The molecule has 0 saturated carbocycles. The SMILES string of the molecule is COc1ccc(CC(=O)NCCI)cc1. The molecule has 0 atom stereocenters. The Morgan fingerprint density at radius 3 is 2.60 bits per heavy atom. The summed E-state index contributed by atoms with van der Waals surface area (Å²) in [5, 5.41) is 2.83. The second-order valence-electron chi connectivity index (χ2n) is 3.06. The topological polar surface area (TPSA) is 38.3 Å². The van der Waals surface area contributed by atoms with E-state index in [-0.39, 0.29) is 5.91 Å². The predicted molar refractivity (Wildman–Crippen MR) is 68.6 cm³/mol. The van der Waals surface area contributed by atoms with E-state index in [4.69, 9.17) is 4.74 Å². The summed E-state index contributed by atoms with van der Waals surface area (Å²) in [5.41, 5.74) is 1.00. The van der Waals surface area contributed by atoms with Gasteiger partial charge in [0.05, 0.1) is 13.5 Å². The van der Waals surface area contributed by atoms with Gasteiger partial charge in [-0.2, -0.15) is 0 Å². The number of methoxy groups -OCH3 is 1. The zero-order valence-corrected chi connectivity index (χ0v) is 10.8.